The maximum atomic E-state index is 11.0. The zero-order valence-corrected chi connectivity index (χ0v) is 7.50. The predicted molar refractivity (Wildman–Crippen MR) is 42.2 cm³/mol. The van der Waals surface area contributed by atoms with Gasteiger partial charge in [0.2, 0.25) is 0 Å². The van der Waals surface area contributed by atoms with E-state index in [1.807, 2.05) is 6.92 Å². The molecule has 0 aromatic rings. The van der Waals surface area contributed by atoms with Crippen molar-refractivity contribution in [2.24, 2.45) is 0 Å². The summed E-state index contributed by atoms with van der Waals surface area (Å²) in [7, 11) is 1.44. The Balaban J connectivity index is 2.47. The van der Waals surface area contributed by atoms with Crippen LogP contribution >= 0.6 is 0 Å². The second-order valence-corrected chi connectivity index (χ2v) is 3.25. The third-order valence-corrected chi connectivity index (χ3v) is 2.20. The maximum Gasteiger partial charge on any atom is 0.324 e. The third-order valence-electron chi connectivity index (χ3n) is 2.20. The first-order chi connectivity index (χ1) is 5.09. The predicted octanol–water partition coefficient (Wildman–Crippen LogP) is 0.640. The molecular formula is C8H15NO2. The van der Waals surface area contributed by atoms with E-state index in [2.05, 4.69) is 23.5 Å². The molecule has 0 saturated carbocycles. The van der Waals surface area contributed by atoms with Crippen LogP contribution in [0.15, 0.2) is 0 Å². The van der Waals surface area contributed by atoms with Gasteiger partial charge in [-0.15, -0.1) is 0 Å². The second-order valence-electron chi connectivity index (χ2n) is 3.25. The molecule has 0 aliphatic carbocycles. The lowest BCUT2D eigenvalue weighted by Gasteiger charge is -2.05. The molecule has 1 aliphatic heterocycles. The summed E-state index contributed by atoms with van der Waals surface area (Å²) in [6.45, 7) is 6.21. The molecule has 0 aromatic heterocycles. The largest absolute Gasteiger partial charge is 0.468 e. The van der Waals surface area contributed by atoms with Crippen molar-refractivity contribution in [2.75, 3.05) is 7.11 Å². The number of carbonyl (C=O) groups excluding carboxylic acids is 1. The van der Waals surface area contributed by atoms with Crippen molar-refractivity contribution in [2.45, 2.75) is 38.9 Å². The minimum Gasteiger partial charge on any atom is -0.468 e. The average molecular weight is 157 g/mol. The number of hydrogen-bond donors (Lipinski definition) is 0. The Morgan fingerprint density at radius 3 is 2.36 bits per heavy atom. The summed E-state index contributed by atoms with van der Waals surface area (Å²) in [5.41, 5.74) is 0. The van der Waals surface area contributed by atoms with Crippen LogP contribution < -0.4 is 0 Å². The van der Waals surface area contributed by atoms with Crippen LogP contribution in [0, 0.1) is 0 Å². The first-order valence-electron chi connectivity index (χ1n) is 3.95. The standard InChI is InChI=1S/C8H15NO2/c1-5(2)9-6(3)7(9)8(10)11-4/h5-7H,1-4H3. The fourth-order valence-electron chi connectivity index (χ4n) is 1.60. The molecule has 11 heavy (non-hydrogen) atoms. The van der Waals surface area contributed by atoms with E-state index in [-0.39, 0.29) is 12.0 Å². The molecule has 1 saturated heterocycles. The molecule has 3 atom stereocenters. The van der Waals surface area contributed by atoms with Gasteiger partial charge in [0, 0.05) is 12.1 Å². The molecule has 64 valence electrons. The molecule has 1 aliphatic rings. The van der Waals surface area contributed by atoms with Crippen molar-refractivity contribution in [3.05, 3.63) is 0 Å². The van der Waals surface area contributed by atoms with Gasteiger partial charge in [-0.3, -0.25) is 9.69 Å². The topological polar surface area (TPSA) is 29.3 Å². The quantitative estimate of drug-likeness (QED) is 0.435. The van der Waals surface area contributed by atoms with Crippen molar-refractivity contribution in [1.29, 1.82) is 0 Å². The van der Waals surface area contributed by atoms with Crippen LogP contribution in [0.4, 0.5) is 0 Å². The number of rotatable bonds is 2. The summed E-state index contributed by atoms with van der Waals surface area (Å²) >= 11 is 0. The number of methoxy groups -OCH3 is 1. The number of nitrogens with zero attached hydrogens (tertiary/aromatic N) is 1. The summed E-state index contributed by atoms with van der Waals surface area (Å²) in [6, 6.07) is 0.816. The molecule has 3 nitrogen and oxygen atoms in total. The van der Waals surface area contributed by atoms with Crippen molar-refractivity contribution in [3.8, 4) is 0 Å². The second kappa shape index (κ2) is 2.81. The van der Waals surface area contributed by atoms with E-state index in [1.54, 1.807) is 0 Å². The number of hydrogen-bond acceptors (Lipinski definition) is 3. The molecule has 0 radical (unpaired) electrons. The molecule has 1 heterocycles. The Morgan fingerprint density at radius 2 is 2.09 bits per heavy atom. The minimum atomic E-state index is -0.105. The van der Waals surface area contributed by atoms with E-state index in [1.165, 1.54) is 7.11 Å². The van der Waals surface area contributed by atoms with Gasteiger partial charge in [-0.05, 0) is 20.8 Å². The third kappa shape index (κ3) is 1.38. The summed E-state index contributed by atoms with van der Waals surface area (Å²) in [6.07, 6.45) is 0. The first kappa shape index (κ1) is 8.53. The molecule has 0 aromatic carbocycles. The van der Waals surface area contributed by atoms with Crippen LogP contribution in [0.25, 0.3) is 0 Å². The van der Waals surface area contributed by atoms with Crippen LogP contribution in [0.2, 0.25) is 0 Å². The Labute approximate surface area is 67.3 Å². The van der Waals surface area contributed by atoms with Gasteiger partial charge in [0.15, 0.2) is 0 Å². The minimum absolute atomic E-state index is 0.0139. The van der Waals surface area contributed by atoms with Crippen LogP contribution in [-0.2, 0) is 9.53 Å². The van der Waals surface area contributed by atoms with E-state index >= 15 is 0 Å². The number of carbonyl (C=O) groups is 1. The molecule has 1 rings (SSSR count). The van der Waals surface area contributed by atoms with E-state index in [9.17, 15) is 4.79 Å². The zero-order chi connectivity index (χ0) is 8.59. The highest BCUT2D eigenvalue weighted by molar-refractivity contribution is 5.80. The van der Waals surface area contributed by atoms with Gasteiger partial charge in [0.25, 0.3) is 0 Å². The van der Waals surface area contributed by atoms with Crippen molar-refractivity contribution >= 4 is 5.97 Å². The summed E-state index contributed by atoms with van der Waals surface area (Å²) < 4.78 is 4.64. The van der Waals surface area contributed by atoms with Gasteiger partial charge >= 0.3 is 5.97 Å². The van der Waals surface area contributed by atoms with Crippen molar-refractivity contribution in [1.82, 2.24) is 4.90 Å². The molecule has 0 spiro atoms. The Kier molecular flexibility index (Phi) is 2.18. The lowest BCUT2D eigenvalue weighted by molar-refractivity contribution is -0.141. The number of ether oxygens (including phenoxy) is 1. The maximum absolute atomic E-state index is 11.0. The Bertz CT molecular complexity index is 167. The highest BCUT2D eigenvalue weighted by Gasteiger charge is 2.51. The van der Waals surface area contributed by atoms with Crippen LogP contribution in [-0.4, -0.2) is 36.1 Å². The normalized spacial score (nSPS) is 35.5. The summed E-state index contributed by atoms with van der Waals surface area (Å²) in [5, 5.41) is 0. The number of esters is 1. The highest BCUT2D eigenvalue weighted by atomic mass is 16.5. The van der Waals surface area contributed by atoms with Crippen LogP contribution in [0.5, 0.6) is 0 Å². The molecule has 0 amide bonds. The molecule has 0 bridgehead atoms. The Hall–Kier alpha value is -0.570. The van der Waals surface area contributed by atoms with E-state index in [4.69, 9.17) is 0 Å². The summed E-state index contributed by atoms with van der Waals surface area (Å²) in [4.78, 5) is 13.2. The van der Waals surface area contributed by atoms with Crippen molar-refractivity contribution in [3.63, 3.8) is 0 Å². The molecule has 3 unspecified atom stereocenters. The molecular weight excluding hydrogens is 142 g/mol. The van der Waals surface area contributed by atoms with E-state index < -0.39 is 0 Å². The SMILES string of the molecule is COC(=O)C1C(C)N1C(C)C. The highest BCUT2D eigenvalue weighted by Crippen LogP contribution is 2.31. The van der Waals surface area contributed by atoms with Gasteiger partial charge in [0.05, 0.1) is 7.11 Å². The van der Waals surface area contributed by atoms with Crippen LogP contribution in [0.1, 0.15) is 20.8 Å². The molecule has 3 heteroatoms. The van der Waals surface area contributed by atoms with Gasteiger partial charge in [-0.1, -0.05) is 0 Å². The first-order valence-corrected chi connectivity index (χ1v) is 3.95. The fourth-order valence-corrected chi connectivity index (χ4v) is 1.60. The smallest absolute Gasteiger partial charge is 0.324 e. The van der Waals surface area contributed by atoms with Crippen LogP contribution in [0.3, 0.4) is 0 Å². The summed E-state index contributed by atoms with van der Waals surface area (Å²) in [5.74, 6) is -0.105. The van der Waals surface area contributed by atoms with E-state index in [0.717, 1.165) is 0 Å². The lowest BCUT2D eigenvalue weighted by Crippen LogP contribution is -2.19. The molecule has 1 fully saturated rings. The van der Waals surface area contributed by atoms with Gasteiger partial charge in [0.1, 0.15) is 6.04 Å². The van der Waals surface area contributed by atoms with Gasteiger partial charge in [-0.25, -0.2) is 0 Å². The average Bonchev–Trinajstić information content (AvgIpc) is 2.60. The van der Waals surface area contributed by atoms with Gasteiger partial charge in [-0.2, -0.15) is 0 Å². The monoisotopic (exact) mass is 157 g/mol. The van der Waals surface area contributed by atoms with Crippen molar-refractivity contribution < 1.29 is 9.53 Å². The van der Waals surface area contributed by atoms with E-state index in [0.29, 0.717) is 12.1 Å². The lowest BCUT2D eigenvalue weighted by atomic mass is 10.3. The Morgan fingerprint density at radius 1 is 1.55 bits per heavy atom. The molecule has 0 N–H and O–H groups in total. The van der Waals surface area contributed by atoms with Gasteiger partial charge < -0.3 is 4.74 Å². The zero-order valence-electron chi connectivity index (χ0n) is 7.50. The fraction of sp³-hybridized carbons (Fsp3) is 0.875.